The predicted molar refractivity (Wildman–Crippen MR) is 69.3 cm³/mol. The number of alkyl halides is 3. The SMILES string of the molecule is CC(=O)OC(C)(C)C(=O)c1ccc(Br)c(C(F)(F)F)c1. The van der Waals surface area contributed by atoms with Gasteiger partial charge in [-0.05, 0) is 26.0 Å². The van der Waals surface area contributed by atoms with E-state index >= 15 is 0 Å². The molecule has 0 saturated carbocycles. The van der Waals surface area contributed by atoms with Gasteiger partial charge in [0.05, 0.1) is 5.56 Å². The third kappa shape index (κ3) is 3.82. The molecule has 1 aromatic carbocycles. The molecule has 0 heterocycles. The number of hydrogen-bond donors (Lipinski definition) is 0. The summed E-state index contributed by atoms with van der Waals surface area (Å²) >= 11 is 2.79. The zero-order valence-electron chi connectivity index (χ0n) is 11.0. The highest BCUT2D eigenvalue weighted by atomic mass is 79.9. The molecule has 0 radical (unpaired) electrons. The first-order valence-corrected chi connectivity index (χ1v) is 6.35. The fourth-order valence-corrected chi connectivity index (χ4v) is 2.11. The minimum atomic E-state index is -4.58. The van der Waals surface area contributed by atoms with Crippen LogP contribution in [0.4, 0.5) is 13.2 Å². The van der Waals surface area contributed by atoms with Gasteiger partial charge in [-0.15, -0.1) is 0 Å². The molecule has 0 N–H and O–H groups in total. The minimum Gasteiger partial charge on any atom is -0.451 e. The van der Waals surface area contributed by atoms with Crippen molar-refractivity contribution in [3.05, 3.63) is 33.8 Å². The van der Waals surface area contributed by atoms with Gasteiger partial charge in [-0.25, -0.2) is 0 Å². The van der Waals surface area contributed by atoms with E-state index in [2.05, 4.69) is 15.9 Å². The Kier molecular flexibility index (Phi) is 4.63. The maximum Gasteiger partial charge on any atom is 0.417 e. The molecule has 1 aromatic rings. The van der Waals surface area contributed by atoms with Crippen LogP contribution >= 0.6 is 15.9 Å². The summed E-state index contributed by atoms with van der Waals surface area (Å²) in [6.45, 7) is 3.77. The van der Waals surface area contributed by atoms with Gasteiger partial charge in [0.25, 0.3) is 0 Å². The van der Waals surface area contributed by atoms with E-state index in [1.807, 2.05) is 0 Å². The van der Waals surface area contributed by atoms with E-state index in [1.54, 1.807) is 0 Å². The molecule has 0 aromatic heterocycles. The predicted octanol–water partition coefficient (Wildman–Crippen LogP) is 3.99. The highest BCUT2D eigenvalue weighted by Crippen LogP contribution is 2.36. The highest BCUT2D eigenvalue weighted by Gasteiger charge is 2.36. The molecule has 1 rings (SSSR count). The summed E-state index contributed by atoms with van der Waals surface area (Å²) in [5.41, 5.74) is -2.66. The lowest BCUT2D eigenvalue weighted by Gasteiger charge is -2.23. The number of halogens is 4. The van der Waals surface area contributed by atoms with Crippen molar-refractivity contribution in [1.82, 2.24) is 0 Å². The average Bonchev–Trinajstić information content (AvgIpc) is 2.25. The Balaban J connectivity index is 3.22. The molecule has 0 fully saturated rings. The maximum atomic E-state index is 12.8. The van der Waals surface area contributed by atoms with Crippen LogP contribution in [0.2, 0.25) is 0 Å². The fourth-order valence-electron chi connectivity index (χ4n) is 1.64. The highest BCUT2D eigenvalue weighted by molar-refractivity contribution is 9.10. The Bertz CT molecular complexity index is 550. The van der Waals surface area contributed by atoms with Crippen molar-refractivity contribution in [3.8, 4) is 0 Å². The molecule has 0 unspecified atom stereocenters. The van der Waals surface area contributed by atoms with Crippen molar-refractivity contribution in [2.45, 2.75) is 32.5 Å². The number of rotatable bonds is 3. The zero-order valence-corrected chi connectivity index (χ0v) is 12.6. The molecule has 3 nitrogen and oxygen atoms in total. The Morgan fingerprint density at radius 3 is 2.20 bits per heavy atom. The van der Waals surface area contributed by atoms with Gasteiger partial charge in [0, 0.05) is 17.0 Å². The monoisotopic (exact) mass is 352 g/mol. The molecule has 0 saturated heterocycles. The lowest BCUT2D eigenvalue weighted by atomic mass is 9.95. The standard InChI is InChI=1S/C13H12BrF3O3/c1-7(18)20-12(2,3)11(19)8-4-5-10(14)9(6-8)13(15,16)17/h4-6H,1-3H3. The summed E-state index contributed by atoms with van der Waals surface area (Å²) in [7, 11) is 0. The first-order chi connectivity index (χ1) is 8.95. The maximum absolute atomic E-state index is 12.8. The van der Waals surface area contributed by atoms with Crippen LogP contribution in [0.1, 0.15) is 36.7 Å². The van der Waals surface area contributed by atoms with Crippen LogP contribution in [0.25, 0.3) is 0 Å². The number of hydrogen-bond acceptors (Lipinski definition) is 3. The fraction of sp³-hybridized carbons (Fsp3) is 0.385. The third-order valence-electron chi connectivity index (χ3n) is 2.48. The Labute approximate surface area is 122 Å². The summed E-state index contributed by atoms with van der Waals surface area (Å²) in [5, 5.41) is 0. The van der Waals surface area contributed by atoms with E-state index in [4.69, 9.17) is 4.74 Å². The molecular formula is C13H12BrF3O3. The zero-order chi connectivity index (χ0) is 15.7. The molecule has 0 aliphatic heterocycles. The number of ketones is 1. The van der Waals surface area contributed by atoms with Crippen LogP contribution in [-0.4, -0.2) is 17.4 Å². The molecule has 20 heavy (non-hydrogen) atoms. The van der Waals surface area contributed by atoms with Crippen LogP contribution in [0, 0.1) is 0 Å². The number of ether oxygens (including phenoxy) is 1. The van der Waals surface area contributed by atoms with Crippen LogP contribution in [0.3, 0.4) is 0 Å². The normalized spacial score (nSPS) is 12.2. The Hall–Kier alpha value is -1.37. The van der Waals surface area contributed by atoms with Crippen molar-refractivity contribution < 1.29 is 27.5 Å². The van der Waals surface area contributed by atoms with Crippen molar-refractivity contribution in [1.29, 1.82) is 0 Å². The second-order valence-electron chi connectivity index (χ2n) is 4.63. The van der Waals surface area contributed by atoms with E-state index in [0.717, 1.165) is 19.1 Å². The Morgan fingerprint density at radius 2 is 1.75 bits per heavy atom. The average molecular weight is 353 g/mol. The molecule has 0 aliphatic carbocycles. The van der Waals surface area contributed by atoms with Crippen molar-refractivity contribution in [2.24, 2.45) is 0 Å². The smallest absolute Gasteiger partial charge is 0.417 e. The number of carbonyl (C=O) groups excluding carboxylic acids is 2. The molecule has 0 spiro atoms. The minimum absolute atomic E-state index is 0.160. The van der Waals surface area contributed by atoms with Crippen LogP contribution < -0.4 is 0 Å². The van der Waals surface area contributed by atoms with Gasteiger partial charge in [0.15, 0.2) is 5.60 Å². The van der Waals surface area contributed by atoms with Crippen LogP contribution in [-0.2, 0) is 15.7 Å². The molecular weight excluding hydrogens is 341 g/mol. The van der Waals surface area contributed by atoms with E-state index < -0.39 is 29.1 Å². The van der Waals surface area contributed by atoms with E-state index in [-0.39, 0.29) is 10.0 Å². The van der Waals surface area contributed by atoms with E-state index in [1.165, 1.54) is 19.9 Å². The molecule has 7 heteroatoms. The first kappa shape index (κ1) is 16.7. The molecule has 110 valence electrons. The summed E-state index contributed by atoms with van der Waals surface area (Å²) in [6, 6.07) is 3.12. The van der Waals surface area contributed by atoms with Gasteiger partial charge in [0.2, 0.25) is 5.78 Å². The third-order valence-corrected chi connectivity index (χ3v) is 3.17. The topological polar surface area (TPSA) is 43.4 Å². The lowest BCUT2D eigenvalue weighted by molar-refractivity contribution is -0.149. The van der Waals surface area contributed by atoms with Crippen LogP contribution in [0.15, 0.2) is 22.7 Å². The van der Waals surface area contributed by atoms with Gasteiger partial charge in [0.1, 0.15) is 0 Å². The molecule has 0 bridgehead atoms. The lowest BCUT2D eigenvalue weighted by Crippen LogP contribution is -2.36. The van der Waals surface area contributed by atoms with Crippen molar-refractivity contribution in [2.75, 3.05) is 0 Å². The summed E-state index contributed by atoms with van der Waals surface area (Å²) < 4.78 is 43.0. The number of esters is 1. The van der Waals surface area contributed by atoms with Gasteiger partial charge in [-0.3, -0.25) is 9.59 Å². The summed E-state index contributed by atoms with van der Waals surface area (Å²) in [6.07, 6.45) is -4.58. The Morgan fingerprint density at radius 1 is 1.20 bits per heavy atom. The van der Waals surface area contributed by atoms with Gasteiger partial charge in [-0.1, -0.05) is 22.0 Å². The van der Waals surface area contributed by atoms with Gasteiger partial charge >= 0.3 is 12.1 Å². The molecule has 0 amide bonds. The second kappa shape index (κ2) is 5.55. The van der Waals surface area contributed by atoms with E-state index in [9.17, 15) is 22.8 Å². The number of benzene rings is 1. The second-order valence-corrected chi connectivity index (χ2v) is 5.48. The number of carbonyl (C=O) groups is 2. The summed E-state index contributed by atoms with van der Waals surface area (Å²) in [4.78, 5) is 23.0. The van der Waals surface area contributed by atoms with Crippen LogP contribution in [0.5, 0.6) is 0 Å². The van der Waals surface area contributed by atoms with Gasteiger partial charge in [-0.2, -0.15) is 13.2 Å². The summed E-state index contributed by atoms with van der Waals surface area (Å²) in [5.74, 6) is -1.39. The quantitative estimate of drug-likeness (QED) is 0.610. The first-order valence-electron chi connectivity index (χ1n) is 5.56. The van der Waals surface area contributed by atoms with Crippen molar-refractivity contribution in [3.63, 3.8) is 0 Å². The molecule has 0 atom stereocenters. The van der Waals surface area contributed by atoms with Crippen molar-refractivity contribution >= 4 is 27.7 Å². The number of Topliss-reactive ketones (excluding diaryl/α,β-unsaturated/α-hetero) is 1. The largest absolute Gasteiger partial charge is 0.451 e. The van der Waals surface area contributed by atoms with E-state index in [0.29, 0.717) is 0 Å². The molecule has 0 aliphatic rings. The van der Waals surface area contributed by atoms with Gasteiger partial charge < -0.3 is 4.74 Å².